The van der Waals surface area contributed by atoms with Gasteiger partial charge in [-0.25, -0.2) is 18.1 Å². The van der Waals surface area contributed by atoms with Gasteiger partial charge in [-0.3, -0.25) is 4.79 Å². The maximum Gasteiger partial charge on any atom is 0.252 e. The number of fused-ring (bicyclic) bond motifs is 1. The van der Waals surface area contributed by atoms with E-state index in [0.717, 1.165) is 31.6 Å². The number of sulfone groups is 1. The minimum atomic E-state index is -3.12. The molecule has 0 aliphatic carbocycles. The Bertz CT molecular complexity index is 1350. The molecular formula is C26H35N5O4S. The molecule has 1 aromatic carbocycles. The number of aryl methyl sites for hydroxylation is 1. The molecule has 0 spiro atoms. The van der Waals surface area contributed by atoms with Gasteiger partial charge in [0.15, 0.2) is 15.5 Å². The second-order valence-electron chi connectivity index (χ2n) is 9.21. The number of hydrogen-bond donors (Lipinski definition) is 1. The van der Waals surface area contributed by atoms with Gasteiger partial charge in [0.05, 0.1) is 47.0 Å². The number of nitrogens with one attached hydrogen (secondary N) is 1. The first-order valence-electron chi connectivity index (χ1n) is 12.5. The molecule has 1 aliphatic heterocycles. The quantitative estimate of drug-likeness (QED) is 0.415. The first-order chi connectivity index (χ1) is 17.3. The highest BCUT2D eigenvalue weighted by atomic mass is 32.2. The van der Waals surface area contributed by atoms with Crippen molar-refractivity contribution in [2.45, 2.75) is 39.7 Å². The van der Waals surface area contributed by atoms with Gasteiger partial charge in [-0.15, -0.1) is 0 Å². The zero-order valence-corrected chi connectivity index (χ0v) is 22.3. The highest BCUT2D eigenvalue weighted by molar-refractivity contribution is 7.91. The molecule has 2 aromatic heterocycles. The van der Waals surface area contributed by atoms with Crippen LogP contribution in [0.4, 0.5) is 0 Å². The van der Waals surface area contributed by atoms with Gasteiger partial charge in [0, 0.05) is 12.1 Å². The van der Waals surface area contributed by atoms with Crippen molar-refractivity contribution in [3.8, 4) is 17.0 Å². The standard InChI is InChI=1S/C26H35N5O4S/c1-5-30(6-2)13-8-12-27-26(32)22-16-23(19-9-7-10-21(15-19)35-4)28-25-24(22)18(3)29-31(25)20-11-14-36(33,34)17-20/h7,9-10,15-16,20H,5-6,8,11-14,17H2,1-4H3,(H,27,32). The third-order valence-corrected chi connectivity index (χ3v) is 8.58. The number of rotatable bonds is 10. The number of pyridine rings is 1. The Morgan fingerprint density at radius 1 is 1.25 bits per heavy atom. The molecule has 10 heteroatoms. The molecule has 1 fully saturated rings. The number of benzene rings is 1. The molecule has 1 atom stereocenters. The van der Waals surface area contributed by atoms with Crippen LogP contribution in [0.15, 0.2) is 30.3 Å². The van der Waals surface area contributed by atoms with Crippen LogP contribution in [0.25, 0.3) is 22.3 Å². The zero-order chi connectivity index (χ0) is 25.9. The molecule has 3 heterocycles. The van der Waals surface area contributed by atoms with Gasteiger partial charge in [-0.1, -0.05) is 26.0 Å². The van der Waals surface area contributed by atoms with Crippen molar-refractivity contribution >= 4 is 26.8 Å². The Labute approximate surface area is 212 Å². The molecule has 36 heavy (non-hydrogen) atoms. The SMILES string of the molecule is CCN(CC)CCCNC(=O)c1cc(-c2cccc(OC)c2)nc2c1c(C)nn2C1CCS(=O)(=O)C1. The van der Waals surface area contributed by atoms with Crippen LogP contribution in [-0.4, -0.2) is 78.8 Å². The van der Waals surface area contributed by atoms with Gasteiger partial charge in [0.1, 0.15) is 5.75 Å². The van der Waals surface area contributed by atoms with Crippen LogP contribution in [-0.2, 0) is 9.84 Å². The van der Waals surface area contributed by atoms with Gasteiger partial charge >= 0.3 is 0 Å². The second kappa shape index (κ2) is 11.0. The molecule has 9 nitrogen and oxygen atoms in total. The van der Waals surface area contributed by atoms with Crippen LogP contribution < -0.4 is 10.1 Å². The van der Waals surface area contributed by atoms with Gasteiger partial charge in [-0.05, 0) is 57.6 Å². The van der Waals surface area contributed by atoms with Crippen LogP contribution in [0.1, 0.15) is 48.8 Å². The Kier molecular flexibility index (Phi) is 7.94. The van der Waals surface area contributed by atoms with Crippen LogP contribution >= 0.6 is 0 Å². The largest absolute Gasteiger partial charge is 0.497 e. The molecule has 0 radical (unpaired) electrons. The molecule has 3 aromatic rings. The number of methoxy groups -OCH3 is 1. The number of aromatic nitrogens is 3. The molecule has 1 unspecified atom stereocenters. The summed E-state index contributed by atoms with van der Waals surface area (Å²) in [6.45, 7) is 9.54. The Morgan fingerprint density at radius 2 is 2.03 bits per heavy atom. The first kappa shape index (κ1) is 26.1. The number of nitrogens with zero attached hydrogens (tertiary/aromatic N) is 4. The first-order valence-corrected chi connectivity index (χ1v) is 14.3. The molecular weight excluding hydrogens is 478 g/mol. The summed E-state index contributed by atoms with van der Waals surface area (Å²) in [4.78, 5) is 20.6. The smallest absolute Gasteiger partial charge is 0.252 e. The van der Waals surface area contributed by atoms with Crippen molar-refractivity contribution in [3.05, 3.63) is 41.6 Å². The lowest BCUT2D eigenvalue weighted by atomic mass is 10.0. The number of carbonyl (C=O) groups excluding carboxylic acids is 1. The molecule has 194 valence electrons. The number of hydrogen-bond acceptors (Lipinski definition) is 7. The lowest BCUT2D eigenvalue weighted by Gasteiger charge is -2.17. The van der Waals surface area contributed by atoms with E-state index in [1.807, 2.05) is 31.2 Å². The van der Waals surface area contributed by atoms with Crippen LogP contribution in [0.5, 0.6) is 5.75 Å². The van der Waals surface area contributed by atoms with E-state index in [1.165, 1.54) is 0 Å². The number of ether oxygens (including phenoxy) is 1. The fourth-order valence-electron chi connectivity index (χ4n) is 4.78. The van der Waals surface area contributed by atoms with Crippen molar-refractivity contribution in [2.24, 2.45) is 0 Å². The van der Waals surface area contributed by atoms with Crippen molar-refractivity contribution in [1.29, 1.82) is 0 Å². The zero-order valence-electron chi connectivity index (χ0n) is 21.5. The minimum Gasteiger partial charge on any atom is -0.497 e. The topological polar surface area (TPSA) is 106 Å². The van der Waals surface area contributed by atoms with E-state index < -0.39 is 9.84 Å². The summed E-state index contributed by atoms with van der Waals surface area (Å²) in [5.74, 6) is 0.658. The summed E-state index contributed by atoms with van der Waals surface area (Å²) in [6.07, 6.45) is 1.33. The van der Waals surface area contributed by atoms with E-state index in [1.54, 1.807) is 17.9 Å². The van der Waals surface area contributed by atoms with E-state index in [0.29, 0.717) is 46.7 Å². The molecule has 1 N–H and O–H groups in total. The molecule has 0 saturated carbocycles. The maximum atomic E-state index is 13.4. The van der Waals surface area contributed by atoms with Crippen LogP contribution in [0, 0.1) is 6.92 Å². The summed E-state index contributed by atoms with van der Waals surface area (Å²) >= 11 is 0. The van der Waals surface area contributed by atoms with Crippen molar-refractivity contribution < 1.29 is 17.9 Å². The van der Waals surface area contributed by atoms with Gasteiger partial charge in [0.2, 0.25) is 0 Å². The van der Waals surface area contributed by atoms with E-state index in [9.17, 15) is 13.2 Å². The van der Waals surface area contributed by atoms with Crippen LogP contribution in [0.2, 0.25) is 0 Å². The van der Waals surface area contributed by atoms with Crippen molar-refractivity contribution in [1.82, 2.24) is 25.0 Å². The van der Waals surface area contributed by atoms with Gasteiger partial charge in [0.25, 0.3) is 5.91 Å². The van der Waals surface area contributed by atoms with E-state index in [-0.39, 0.29) is 23.5 Å². The highest BCUT2D eigenvalue weighted by Crippen LogP contribution is 2.32. The van der Waals surface area contributed by atoms with E-state index in [4.69, 9.17) is 9.72 Å². The predicted molar refractivity (Wildman–Crippen MR) is 141 cm³/mol. The maximum absolute atomic E-state index is 13.4. The second-order valence-corrected chi connectivity index (χ2v) is 11.4. The summed E-state index contributed by atoms with van der Waals surface area (Å²) in [6, 6.07) is 9.00. The fraction of sp³-hybridized carbons (Fsp3) is 0.500. The van der Waals surface area contributed by atoms with Gasteiger partial charge < -0.3 is 15.0 Å². The summed E-state index contributed by atoms with van der Waals surface area (Å²) in [7, 11) is -1.51. The average Bonchev–Trinajstić information content (AvgIpc) is 3.41. The number of amides is 1. The van der Waals surface area contributed by atoms with E-state index >= 15 is 0 Å². The fourth-order valence-corrected chi connectivity index (χ4v) is 6.48. The third kappa shape index (κ3) is 5.54. The third-order valence-electron chi connectivity index (χ3n) is 6.83. The van der Waals surface area contributed by atoms with E-state index in [2.05, 4.69) is 29.2 Å². The highest BCUT2D eigenvalue weighted by Gasteiger charge is 2.32. The lowest BCUT2D eigenvalue weighted by Crippen LogP contribution is -2.30. The Morgan fingerprint density at radius 3 is 2.69 bits per heavy atom. The summed E-state index contributed by atoms with van der Waals surface area (Å²) < 4.78 is 31.5. The minimum absolute atomic E-state index is 0.0289. The monoisotopic (exact) mass is 513 g/mol. The summed E-state index contributed by atoms with van der Waals surface area (Å²) in [5.41, 5.74) is 3.09. The molecule has 4 rings (SSSR count). The van der Waals surface area contributed by atoms with Gasteiger partial charge in [-0.2, -0.15) is 5.10 Å². The molecule has 1 saturated heterocycles. The lowest BCUT2D eigenvalue weighted by molar-refractivity contribution is 0.0953. The molecule has 1 aliphatic rings. The van der Waals surface area contributed by atoms with Crippen LogP contribution in [0.3, 0.4) is 0 Å². The Balaban J connectivity index is 1.74. The molecule has 1 amide bonds. The Hall–Kier alpha value is -2.98. The van der Waals surface area contributed by atoms with Crippen molar-refractivity contribution in [2.75, 3.05) is 44.8 Å². The average molecular weight is 514 g/mol. The van der Waals surface area contributed by atoms with Crippen molar-refractivity contribution in [3.63, 3.8) is 0 Å². The number of carbonyl (C=O) groups is 1. The summed E-state index contributed by atoms with van der Waals surface area (Å²) in [5, 5.41) is 8.39. The normalized spacial score (nSPS) is 17.1. The molecule has 0 bridgehead atoms. The predicted octanol–water partition coefficient (Wildman–Crippen LogP) is 3.24.